The van der Waals surface area contributed by atoms with E-state index in [1.54, 1.807) is 6.07 Å². The fourth-order valence-electron chi connectivity index (χ4n) is 1.64. The molecule has 1 aromatic heterocycles. The maximum Gasteiger partial charge on any atom is 0.515 e. The van der Waals surface area contributed by atoms with Gasteiger partial charge < -0.3 is 9.31 Å². The van der Waals surface area contributed by atoms with Crippen LogP contribution in [-0.2, 0) is 9.31 Å². The van der Waals surface area contributed by atoms with E-state index in [1.165, 1.54) is 6.20 Å². The lowest BCUT2D eigenvalue weighted by Gasteiger charge is -2.32. The predicted molar refractivity (Wildman–Crippen MR) is 72.4 cm³/mol. The van der Waals surface area contributed by atoms with Gasteiger partial charge in [0.25, 0.3) is 0 Å². The minimum absolute atomic E-state index is 0.396. The molecule has 0 bridgehead atoms. The zero-order chi connectivity index (χ0) is 13.6. The van der Waals surface area contributed by atoms with Crippen molar-refractivity contribution < 1.29 is 9.31 Å². The van der Waals surface area contributed by atoms with Gasteiger partial charge in [-0.2, -0.15) is 5.26 Å². The highest BCUT2D eigenvalue weighted by atomic mass is 79.9. The van der Waals surface area contributed by atoms with E-state index in [1.807, 2.05) is 33.8 Å². The molecule has 0 amide bonds. The minimum atomic E-state index is -0.517. The lowest BCUT2D eigenvalue weighted by atomic mass is 9.84. The van der Waals surface area contributed by atoms with E-state index in [2.05, 4.69) is 20.9 Å². The quantitative estimate of drug-likeness (QED) is 0.745. The maximum absolute atomic E-state index is 8.81. The van der Waals surface area contributed by atoms with Gasteiger partial charge in [-0.25, -0.2) is 0 Å². The molecule has 6 heteroatoms. The van der Waals surface area contributed by atoms with Gasteiger partial charge in [-0.15, -0.1) is 0 Å². The summed E-state index contributed by atoms with van der Waals surface area (Å²) < 4.78 is 12.5. The highest BCUT2D eigenvalue weighted by Gasteiger charge is 2.52. The van der Waals surface area contributed by atoms with Crippen molar-refractivity contribution in [1.82, 2.24) is 4.98 Å². The topological polar surface area (TPSA) is 55.1 Å². The number of hydrogen-bond donors (Lipinski definition) is 0. The van der Waals surface area contributed by atoms with Crippen molar-refractivity contribution in [1.29, 1.82) is 5.26 Å². The molecule has 0 radical (unpaired) electrons. The molecule has 0 saturated carbocycles. The molecular weight excluding hydrogens is 295 g/mol. The Morgan fingerprint density at radius 1 is 1.28 bits per heavy atom. The number of nitriles is 1. The van der Waals surface area contributed by atoms with Gasteiger partial charge in [0.1, 0.15) is 6.07 Å². The number of pyridine rings is 1. The molecule has 1 fully saturated rings. The van der Waals surface area contributed by atoms with Gasteiger partial charge in [0.15, 0.2) is 0 Å². The summed E-state index contributed by atoms with van der Waals surface area (Å²) in [4.78, 5) is 4.24. The van der Waals surface area contributed by atoms with Crippen molar-refractivity contribution in [2.24, 2.45) is 0 Å². The highest BCUT2D eigenvalue weighted by Crippen LogP contribution is 2.36. The van der Waals surface area contributed by atoms with Crippen LogP contribution in [0.1, 0.15) is 33.3 Å². The standard InChI is InChI=1S/C12H14BBrN2O2/c1-11(2)12(3,4)18-13(17-11)10-9(14)5-8(6-15)7-16-10/h5,7H,1-4H3. The molecule has 94 valence electrons. The molecule has 0 atom stereocenters. The van der Waals surface area contributed by atoms with E-state index in [-0.39, 0.29) is 0 Å². The normalized spacial score (nSPS) is 20.8. The van der Waals surface area contributed by atoms with Crippen LogP contribution in [0.5, 0.6) is 0 Å². The van der Waals surface area contributed by atoms with Gasteiger partial charge >= 0.3 is 7.12 Å². The molecule has 2 rings (SSSR count). The fourth-order valence-corrected chi connectivity index (χ4v) is 2.17. The molecule has 4 nitrogen and oxygen atoms in total. The predicted octanol–water partition coefficient (Wildman–Crippen LogP) is 2.01. The van der Waals surface area contributed by atoms with Crippen molar-refractivity contribution in [2.45, 2.75) is 38.9 Å². The summed E-state index contributed by atoms with van der Waals surface area (Å²) >= 11 is 3.40. The van der Waals surface area contributed by atoms with Crippen molar-refractivity contribution in [3.05, 3.63) is 22.3 Å². The van der Waals surface area contributed by atoms with E-state index in [0.29, 0.717) is 11.2 Å². The molecule has 1 saturated heterocycles. The second kappa shape index (κ2) is 4.34. The van der Waals surface area contributed by atoms with E-state index in [4.69, 9.17) is 14.6 Å². The van der Waals surface area contributed by atoms with E-state index in [9.17, 15) is 0 Å². The van der Waals surface area contributed by atoms with Gasteiger partial charge in [0, 0.05) is 10.7 Å². The van der Waals surface area contributed by atoms with Gasteiger partial charge in [0.05, 0.1) is 22.4 Å². The summed E-state index contributed by atoms with van der Waals surface area (Å²) in [6.45, 7) is 7.96. The third-order valence-corrected chi connectivity index (χ3v) is 4.11. The SMILES string of the molecule is CC1(C)OB(c2ncc(C#N)cc2Br)OC1(C)C. The lowest BCUT2D eigenvalue weighted by molar-refractivity contribution is 0.00578. The van der Waals surface area contributed by atoms with Crippen LogP contribution >= 0.6 is 15.9 Å². The Morgan fingerprint density at radius 2 is 1.83 bits per heavy atom. The Hall–Kier alpha value is -0.895. The number of rotatable bonds is 1. The average Bonchev–Trinajstić information content (AvgIpc) is 2.47. The summed E-state index contributed by atoms with van der Waals surface area (Å²) in [5.41, 5.74) is 0.370. The summed E-state index contributed by atoms with van der Waals surface area (Å²) in [6, 6.07) is 3.76. The van der Waals surface area contributed by atoms with Crippen molar-refractivity contribution in [2.75, 3.05) is 0 Å². The maximum atomic E-state index is 8.81. The monoisotopic (exact) mass is 308 g/mol. The van der Waals surface area contributed by atoms with Gasteiger partial charge in [-0.1, -0.05) is 0 Å². The van der Waals surface area contributed by atoms with Crippen LogP contribution in [0.25, 0.3) is 0 Å². The summed E-state index contributed by atoms with van der Waals surface area (Å²) in [7, 11) is -0.517. The first-order valence-electron chi connectivity index (χ1n) is 5.68. The summed E-state index contributed by atoms with van der Waals surface area (Å²) in [5, 5.41) is 8.81. The molecule has 0 spiro atoms. The van der Waals surface area contributed by atoms with Crippen molar-refractivity contribution >= 4 is 28.6 Å². The zero-order valence-electron chi connectivity index (χ0n) is 10.8. The molecule has 1 aliphatic heterocycles. The third kappa shape index (κ3) is 2.18. The average molecular weight is 309 g/mol. The van der Waals surface area contributed by atoms with Crippen LogP contribution in [0.3, 0.4) is 0 Å². The molecule has 0 aromatic carbocycles. The molecule has 2 heterocycles. The van der Waals surface area contributed by atoms with Crippen LogP contribution in [0.4, 0.5) is 0 Å². The second-order valence-corrected chi connectivity index (χ2v) is 6.15. The van der Waals surface area contributed by atoms with Gasteiger partial charge in [-0.3, -0.25) is 4.98 Å². The summed E-state index contributed by atoms with van der Waals surface area (Å²) in [5.74, 6) is 0. The minimum Gasteiger partial charge on any atom is -0.398 e. The summed E-state index contributed by atoms with van der Waals surface area (Å²) in [6.07, 6.45) is 1.52. The van der Waals surface area contributed by atoms with Crippen LogP contribution < -0.4 is 5.59 Å². The van der Waals surface area contributed by atoms with Crippen molar-refractivity contribution in [3.63, 3.8) is 0 Å². The molecule has 0 aliphatic carbocycles. The Kier molecular flexibility index (Phi) is 3.26. The Morgan fingerprint density at radius 3 is 2.28 bits per heavy atom. The smallest absolute Gasteiger partial charge is 0.398 e. The van der Waals surface area contributed by atoms with E-state index < -0.39 is 18.3 Å². The number of halogens is 1. The van der Waals surface area contributed by atoms with Crippen LogP contribution in [0.15, 0.2) is 16.7 Å². The molecule has 0 unspecified atom stereocenters. The Bertz CT molecular complexity index is 509. The second-order valence-electron chi connectivity index (χ2n) is 5.29. The molecule has 1 aromatic rings. The van der Waals surface area contributed by atoms with E-state index in [0.717, 1.165) is 4.47 Å². The molecule has 1 aliphatic rings. The molecule has 18 heavy (non-hydrogen) atoms. The Balaban J connectivity index is 2.33. The first kappa shape index (κ1) is 13.5. The van der Waals surface area contributed by atoms with Gasteiger partial charge in [-0.05, 0) is 49.7 Å². The van der Waals surface area contributed by atoms with E-state index >= 15 is 0 Å². The Labute approximate surface area is 116 Å². The lowest BCUT2D eigenvalue weighted by Crippen LogP contribution is -2.41. The van der Waals surface area contributed by atoms with Crippen LogP contribution in [0.2, 0.25) is 0 Å². The van der Waals surface area contributed by atoms with Crippen LogP contribution in [-0.4, -0.2) is 23.3 Å². The first-order valence-corrected chi connectivity index (χ1v) is 6.47. The van der Waals surface area contributed by atoms with Gasteiger partial charge in [0.2, 0.25) is 0 Å². The first-order chi connectivity index (χ1) is 8.27. The molecular formula is C12H14BBrN2O2. The zero-order valence-corrected chi connectivity index (χ0v) is 12.4. The van der Waals surface area contributed by atoms with Crippen molar-refractivity contribution in [3.8, 4) is 6.07 Å². The highest BCUT2D eigenvalue weighted by molar-refractivity contribution is 9.10. The largest absolute Gasteiger partial charge is 0.515 e. The third-order valence-electron chi connectivity index (χ3n) is 3.48. The van der Waals surface area contributed by atoms with Crippen LogP contribution in [0, 0.1) is 11.3 Å². The number of hydrogen-bond acceptors (Lipinski definition) is 4. The molecule has 0 N–H and O–H groups in total. The number of aromatic nitrogens is 1. The number of nitrogens with zero attached hydrogens (tertiary/aromatic N) is 2. The fraction of sp³-hybridized carbons (Fsp3) is 0.500.